The largest absolute Gasteiger partial charge is 0.480 e. The first-order chi connectivity index (χ1) is 9.68. The van der Waals surface area contributed by atoms with E-state index in [9.17, 15) is 9.59 Å². The van der Waals surface area contributed by atoms with Crippen LogP contribution in [0.1, 0.15) is 19.3 Å². The molecule has 0 aromatic heterocycles. The monoisotopic (exact) mass is 285 g/mol. The third-order valence-corrected chi connectivity index (χ3v) is 3.83. The lowest BCUT2D eigenvalue weighted by Crippen LogP contribution is -2.46. The fourth-order valence-electron chi connectivity index (χ4n) is 2.69. The third-order valence-electron chi connectivity index (χ3n) is 3.83. The molecule has 7 heteroatoms. The van der Waals surface area contributed by atoms with Gasteiger partial charge in [0.2, 0.25) is 0 Å². The van der Waals surface area contributed by atoms with E-state index in [-0.39, 0.29) is 6.03 Å². The van der Waals surface area contributed by atoms with E-state index in [0.29, 0.717) is 19.5 Å². The molecule has 20 heavy (non-hydrogen) atoms. The van der Waals surface area contributed by atoms with Crippen molar-refractivity contribution < 1.29 is 19.4 Å². The molecule has 0 bridgehead atoms. The molecule has 1 atom stereocenters. The molecule has 2 amide bonds. The Bertz CT molecular complexity index is 345. The first kappa shape index (κ1) is 15.1. The van der Waals surface area contributed by atoms with Gasteiger partial charge in [-0.1, -0.05) is 0 Å². The van der Waals surface area contributed by atoms with Crippen LogP contribution in [0.4, 0.5) is 4.79 Å². The average Bonchev–Trinajstić information content (AvgIpc) is 2.94. The van der Waals surface area contributed by atoms with Crippen LogP contribution < -0.4 is 5.32 Å². The number of morpholine rings is 1. The van der Waals surface area contributed by atoms with Crippen molar-refractivity contribution in [1.29, 1.82) is 0 Å². The number of nitrogens with one attached hydrogen (secondary N) is 1. The Balaban J connectivity index is 1.63. The van der Waals surface area contributed by atoms with Crippen LogP contribution in [0.5, 0.6) is 0 Å². The van der Waals surface area contributed by atoms with E-state index in [0.717, 1.165) is 45.7 Å². The molecule has 7 nitrogen and oxygen atoms in total. The molecule has 0 aliphatic carbocycles. The molecule has 0 spiro atoms. The van der Waals surface area contributed by atoms with Crippen LogP contribution in [-0.4, -0.2) is 78.9 Å². The standard InChI is InChI=1S/C13H23N3O4/c17-12(18)11-3-1-6-16(11)13(19)14-4-2-5-15-7-9-20-10-8-15/h11H,1-10H2,(H,14,19)(H,17,18)/t11-/m1/s1. The summed E-state index contributed by atoms with van der Waals surface area (Å²) in [5.74, 6) is -0.911. The van der Waals surface area contributed by atoms with Gasteiger partial charge in [-0.3, -0.25) is 4.90 Å². The smallest absolute Gasteiger partial charge is 0.326 e. The van der Waals surface area contributed by atoms with E-state index in [4.69, 9.17) is 9.84 Å². The van der Waals surface area contributed by atoms with Gasteiger partial charge in [0.1, 0.15) is 6.04 Å². The summed E-state index contributed by atoms with van der Waals surface area (Å²) in [6, 6.07) is -0.911. The number of rotatable bonds is 5. The number of hydrogen-bond donors (Lipinski definition) is 2. The highest BCUT2D eigenvalue weighted by atomic mass is 16.5. The summed E-state index contributed by atoms with van der Waals surface area (Å²) in [5.41, 5.74) is 0. The number of aliphatic carboxylic acids is 1. The number of carboxylic acid groups (broad SMARTS) is 1. The quantitative estimate of drug-likeness (QED) is 0.693. The highest BCUT2D eigenvalue weighted by molar-refractivity contribution is 5.83. The molecule has 2 fully saturated rings. The number of ether oxygens (including phenoxy) is 1. The topological polar surface area (TPSA) is 82.1 Å². The maximum Gasteiger partial charge on any atom is 0.326 e. The summed E-state index contributed by atoms with van der Waals surface area (Å²) in [4.78, 5) is 26.7. The molecule has 2 saturated heterocycles. The molecule has 0 unspecified atom stereocenters. The van der Waals surface area contributed by atoms with Gasteiger partial charge >= 0.3 is 12.0 Å². The minimum Gasteiger partial charge on any atom is -0.480 e. The molecule has 0 aromatic rings. The van der Waals surface area contributed by atoms with Crippen molar-refractivity contribution >= 4 is 12.0 Å². The van der Waals surface area contributed by atoms with E-state index in [1.165, 1.54) is 4.90 Å². The normalized spacial score (nSPS) is 23.8. The number of hydrogen-bond acceptors (Lipinski definition) is 4. The van der Waals surface area contributed by atoms with Crippen LogP contribution in [0.2, 0.25) is 0 Å². The molecule has 2 rings (SSSR count). The van der Waals surface area contributed by atoms with E-state index in [1.54, 1.807) is 0 Å². The van der Waals surface area contributed by atoms with Crippen molar-refractivity contribution in [3.8, 4) is 0 Å². The van der Waals surface area contributed by atoms with Gasteiger partial charge in [0, 0.05) is 26.2 Å². The number of carbonyl (C=O) groups is 2. The van der Waals surface area contributed by atoms with Crippen LogP contribution in [-0.2, 0) is 9.53 Å². The second-order valence-electron chi connectivity index (χ2n) is 5.23. The maximum absolute atomic E-state index is 11.9. The average molecular weight is 285 g/mol. The van der Waals surface area contributed by atoms with Crippen molar-refractivity contribution in [2.45, 2.75) is 25.3 Å². The van der Waals surface area contributed by atoms with Gasteiger partial charge in [0.15, 0.2) is 0 Å². The van der Waals surface area contributed by atoms with Gasteiger partial charge in [-0.25, -0.2) is 9.59 Å². The molecular formula is C13H23N3O4. The molecule has 2 aliphatic heterocycles. The van der Waals surface area contributed by atoms with Crippen molar-refractivity contribution in [3.63, 3.8) is 0 Å². The minimum absolute atomic E-state index is 0.253. The lowest BCUT2D eigenvalue weighted by Gasteiger charge is -2.26. The summed E-state index contributed by atoms with van der Waals surface area (Å²) < 4.78 is 5.27. The Morgan fingerprint density at radius 1 is 1.25 bits per heavy atom. The predicted molar refractivity (Wildman–Crippen MR) is 72.6 cm³/mol. The summed E-state index contributed by atoms with van der Waals surface area (Å²) in [5, 5.41) is 11.8. The Kier molecular flexibility index (Phi) is 5.60. The highest BCUT2D eigenvalue weighted by Gasteiger charge is 2.33. The molecule has 2 N–H and O–H groups in total. The van der Waals surface area contributed by atoms with Crippen molar-refractivity contribution in [3.05, 3.63) is 0 Å². The van der Waals surface area contributed by atoms with Gasteiger partial charge in [-0.05, 0) is 25.8 Å². The van der Waals surface area contributed by atoms with Crippen LogP contribution in [0.25, 0.3) is 0 Å². The van der Waals surface area contributed by atoms with Gasteiger partial charge in [-0.15, -0.1) is 0 Å². The number of nitrogens with zero attached hydrogens (tertiary/aromatic N) is 2. The second kappa shape index (κ2) is 7.44. The van der Waals surface area contributed by atoms with E-state index in [1.807, 2.05) is 0 Å². The highest BCUT2D eigenvalue weighted by Crippen LogP contribution is 2.17. The van der Waals surface area contributed by atoms with E-state index in [2.05, 4.69) is 10.2 Å². The first-order valence-corrected chi connectivity index (χ1v) is 7.26. The summed E-state index contributed by atoms with van der Waals surface area (Å²) in [7, 11) is 0. The van der Waals surface area contributed by atoms with E-state index < -0.39 is 12.0 Å². The van der Waals surface area contributed by atoms with Gasteiger partial charge in [0.05, 0.1) is 13.2 Å². The molecule has 0 saturated carbocycles. The summed E-state index contributed by atoms with van der Waals surface area (Å²) in [6.07, 6.45) is 2.19. The maximum atomic E-state index is 11.9. The number of urea groups is 1. The first-order valence-electron chi connectivity index (χ1n) is 7.26. The number of carboxylic acids is 1. The molecule has 0 radical (unpaired) electrons. The number of likely N-dealkylation sites (tertiary alicyclic amines) is 1. The minimum atomic E-state index is -0.911. The van der Waals surface area contributed by atoms with Gasteiger partial charge in [0.25, 0.3) is 0 Å². The molecule has 2 aliphatic rings. The lowest BCUT2D eigenvalue weighted by atomic mass is 10.2. The number of amides is 2. The SMILES string of the molecule is O=C(O)[C@H]1CCCN1C(=O)NCCCN1CCOCC1. The van der Waals surface area contributed by atoms with Gasteiger partial charge < -0.3 is 20.1 Å². The Morgan fingerprint density at radius 2 is 2.00 bits per heavy atom. The van der Waals surface area contributed by atoms with Crippen LogP contribution in [0, 0.1) is 0 Å². The molecule has 0 aromatic carbocycles. The Morgan fingerprint density at radius 3 is 2.70 bits per heavy atom. The van der Waals surface area contributed by atoms with Crippen molar-refractivity contribution in [2.75, 3.05) is 45.9 Å². The van der Waals surface area contributed by atoms with Gasteiger partial charge in [-0.2, -0.15) is 0 Å². The van der Waals surface area contributed by atoms with Crippen LogP contribution >= 0.6 is 0 Å². The zero-order chi connectivity index (χ0) is 14.4. The zero-order valence-corrected chi connectivity index (χ0v) is 11.7. The fourth-order valence-corrected chi connectivity index (χ4v) is 2.69. The summed E-state index contributed by atoms with van der Waals surface area (Å²) in [6.45, 7) is 5.50. The number of carbonyl (C=O) groups excluding carboxylic acids is 1. The zero-order valence-electron chi connectivity index (χ0n) is 11.7. The van der Waals surface area contributed by atoms with E-state index >= 15 is 0 Å². The Labute approximate surface area is 118 Å². The lowest BCUT2D eigenvalue weighted by molar-refractivity contribution is -0.141. The fraction of sp³-hybridized carbons (Fsp3) is 0.846. The molecule has 114 valence electrons. The molecule has 2 heterocycles. The molecular weight excluding hydrogens is 262 g/mol. The predicted octanol–water partition coefficient (Wildman–Crippen LogP) is -0.0327. The van der Waals surface area contributed by atoms with Crippen LogP contribution in [0.15, 0.2) is 0 Å². The Hall–Kier alpha value is -1.34. The van der Waals surface area contributed by atoms with Crippen LogP contribution in [0.3, 0.4) is 0 Å². The second-order valence-corrected chi connectivity index (χ2v) is 5.23. The van der Waals surface area contributed by atoms with Crippen molar-refractivity contribution in [2.24, 2.45) is 0 Å². The van der Waals surface area contributed by atoms with Crippen molar-refractivity contribution in [1.82, 2.24) is 15.1 Å². The third kappa shape index (κ3) is 4.08. The summed E-state index contributed by atoms with van der Waals surface area (Å²) >= 11 is 0.